The number of thiazole rings is 1. The predicted octanol–water partition coefficient (Wildman–Crippen LogP) is 3.34. The molecule has 0 bridgehead atoms. The molecule has 0 saturated heterocycles. The van der Waals surface area contributed by atoms with Crippen LogP contribution in [0, 0.1) is 0 Å². The van der Waals surface area contributed by atoms with Crippen LogP contribution in [-0.4, -0.2) is 4.57 Å². The number of nitrogens with zero attached hydrogens (tertiary/aromatic N) is 1. The fourth-order valence-corrected chi connectivity index (χ4v) is 2.82. The van der Waals surface area contributed by atoms with Crippen LogP contribution in [0.4, 0.5) is 11.4 Å². The number of fused-ring (bicyclic) bond motifs is 1. The van der Waals surface area contributed by atoms with Gasteiger partial charge in [-0.1, -0.05) is 29.5 Å². The molecule has 0 amide bonds. The standard InChI is InChI=1S/C14H12N2OS/c1-16-12-8-7-11(9-13(12)18-14(16)17)15-10-5-3-2-4-6-10/h2-9,15H,1H3. The molecule has 0 unspecified atom stereocenters. The van der Waals surface area contributed by atoms with Crippen molar-refractivity contribution >= 4 is 32.9 Å². The van der Waals surface area contributed by atoms with E-state index in [1.54, 1.807) is 11.6 Å². The first kappa shape index (κ1) is 11.0. The third kappa shape index (κ3) is 1.91. The smallest absolute Gasteiger partial charge is 0.307 e. The van der Waals surface area contributed by atoms with Crippen LogP contribution in [0.25, 0.3) is 10.2 Å². The van der Waals surface area contributed by atoms with Crippen molar-refractivity contribution in [1.82, 2.24) is 4.57 Å². The molecular weight excluding hydrogens is 244 g/mol. The van der Waals surface area contributed by atoms with E-state index in [0.29, 0.717) is 0 Å². The van der Waals surface area contributed by atoms with Gasteiger partial charge in [-0.15, -0.1) is 0 Å². The van der Waals surface area contributed by atoms with Crippen LogP contribution in [-0.2, 0) is 7.05 Å². The Morgan fingerprint density at radius 3 is 2.61 bits per heavy atom. The Morgan fingerprint density at radius 1 is 1.06 bits per heavy atom. The largest absolute Gasteiger partial charge is 0.355 e. The molecule has 90 valence electrons. The highest BCUT2D eigenvalue weighted by atomic mass is 32.1. The maximum absolute atomic E-state index is 11.6. The number of benzene rings is 2. The molecule has 2 aromatic carbocycles. The first-order chi connectivity index (χ1) is 8.74. The third-order valence-corrected chi connectivity index (χ3v) is 3.85. The average Bonchev–Trinajstić information content (AvgIpc) is 2.66. The van der Waals surface area contributed by atoms with Gasteiger partial charge in [0.05, 0.1) is 10.2 Å². The second-order valence-electron chi connectivity index (χ2n) is 4.10. The molecule has 0 saturated carbocycles. The number of rotatable bonds is 2. The Morgan fingerprint density at radius 2 is 1.83 bits per heavy atom. The van der Waals surface area contributed by atoms with Gasteiger partial charge < -0.3 is 9.88 Å². The van der Waals surface area contributed by atoms with E-state index in [1.807, 2.05) is 48.5 Å². The van der Waals surface area contributed by atoms with E-state index >= 15 is 0 Å². The lowest BCUT2D eigenvalue weighted by molar-refractivity contribution is 0.939. The molecule has 3 rings (SSSR count). The Labute approximate surface area is 108 Å². The lowest BCUT2D eigenvalue weighted by atomic mass is 10.2. The third-order valence-electron chi connectivity index (χ3n) is 2.85. The zero-order valence-corrected chi connectivity index (χ0v) is 10.7. The number of hydrogen-bond donors (Lipinski definition) is 1. The quantitative estimate of drug-likeness (QED) is 0.763. The van der Waals surface area contributed by atoms with Gasteiger partial charge in [-0.05, 0) is 30.3 Å². The summed E-state index contributed by atoms with van der Waals surface area (Å²) in [7, 11) is 1.80. The number of aromatic nitrogens is 1. The number of hydrogen-bond acceptors (Lipinski definition) is 3. The van der Waals surface area contributed by atoms with Crippen molar-refractivity contribution in [2.24, 2.45) is 7.05 Å². The van der Waals surface area contributed by atoms with Crippen LogP contribution >= 0.6 is 11.3 Å². The zero-order chi connectivity index (χ0) is 12.5. The van der Waals surface area contributed by atoms with Crippen molar-refractivity contribution in [1.29, 1.82) is 0 Å². The molecule has 3 aromatic rings. The molecular formula is C14H12N2OS. The minimum Gasteiger partial charge on any atom is -0.355 e. The van der Waals surface area contributed by atoms with Gasteiger partial charge in [0.1, 0.15) is 0 Å². The van der Waals surface area contributed by atoms with Crippen LogP contribution in [0.1, 0.15) is 0 Å². The van der Waals surface area contributed by atoms with E-state index in [0.717, 1.165) is 21.6 Å². The normalized spacial score (nSPS) is 10.7. The first-order valence-corrected chi connectivity index (χ1v) is 6.47. The lowest BCUT2D eigenvalue weighted by Crippen LogP contribution is -2.06. The molecule has 1 N–H and O–H groups in total. The maximum Gasteiger partial charge on any atom is 0.307 e. The number of aryl methyl sites for hydroxylation is 1. The highest BCUT2D eigenvalue weighted by Gasteiger charge is 2.04. The summed E-state index contributed by atoms with van der Waals surface area (Å²) in [5, 5.41) is 3.32. The van der Waals surface area contributed by atoms with Crippen LogP contribution < -0.4 is 10.2 Å². The van der Waals surface area contributed by atoms with Crippen molar-refractivity contribution in [3.63, 3.8) is 0 Å². The van der Waals surface area contributed by atoms with Crippen LogP contribution in [0.2, 0.25) is 0 Å². The number of nitrogens with one attached hydrogen (secondary N) is 1. The van der Waals surface area contributed by atoms with Crippen LogP contribution in [0.15, 0.2) is 53.3 Å². The molecule has 0 aliphatic heterocycles. The van der Waals surface area contributed by atoms with Gasteiger partial charge in [0.25, 0.3) is 0 Å². The summed E-state index contributed by atoms with van der Waals surface area (Å²) >= 11 is 1.27. The van der Waals surface area contributed by atoms with E-state index in [2.05, 4.69) is 5.32 Å². The highest BCUT2D eigenvalue weighted by Crippen LogP contribution is 2.23. The summed E-state index contributed by atoms with van der Waals surface area (Å²) in [5.74, 6) is 0. The Balaban J connectivity index is 2.01. The van der Waals surface area contributed by atoms with E-state index in [1.165, 1.54) is 11.3 Å². The molecule has 0 atom stereocenters. The highest BCUT2D eigenvalue weighted by molar-refractivity contribution is 7.16. The molecule has 0 aliphatic rings. The van der Waals surface area contributed by atoms with E-state index in [4.69, 9.17) is 0 Å². The zero-order valence-electron chi connectivity index (χ0n) is 9.88. The summed E-state index contributed by atoms with van der Waals surface area (Å²) in [6, 6.07) is 15.9. The minimum absolute atomic E-state index is 0.0712. The van der Waals surface area contributed by atoms with Crippen molar-refractivity contribution in [2.75, 3.05) is 5.32 Å². The Bertz CT molecular complexity index is 743. The first-order valence-electron chi connectivity index (χ1n) is 5.66. The fraction of sp³-hybridized carbons (Fsp3) is 0.0714. The van der Waals surface area contributed by atoms with Crippen LogP contribution in [0.3, 0.4) is 0 Å². The van der Waals surface area contributed by atoms with E-state index in [-0.39, 0.29) is 4.87 Å². The molecule has 0 fully saturated rings. The summed E-state index contributed by atoms with van der Waals surface area (Å²) in [6.07, 6.45) is 0. The van der Waals surface area contributed by atoms with Crippen molar-refractivity contribution in [3.8, 4) is 0 Å². The van der Waals surface area contributed by atoms with Gasteiger partial charge >= 0.3 is 4.87 Å². The maximum atomic E-state index is 11.6. The molecule has 0 radical (unpaired) electrons. The summed E-state index contributed by atoms with van der Waals surface area (Å²) in [5.41, 5.74) is 3.01. The van der Waals surface area contributed by atoms with Gasteiger partial charge in [-0.3, -0.25) is 4.79 Å². The lowest BCUT2D eigenvalue weighted by Gasteiger charge is -2.06. The summed E-state index contributed by atoms with van der Waals surface area (Å²) < 4.78 is 2.68. The Hall–Kier alpha value is -2.07. The SMILES string of the molecule is Cn1c(=O)sc2cc(Nc3ccccc3)ccc21. The molecule has 0 aliphatic carbocycles. The topological polar surface area (TPSA) is 34.0 Å². The fourth-order valence-electron chi connectivity index (χ4n) is 1.90. The molecule has 1 heterocycles. The number of anilines is 2. The van der Waals surface area contributed by atoms with Gasteiger partial charge in [0.15, 0.2) is 0 Å². The van der Waals surface area contributed by atoms with Crippen molar-refractivity contribution in [3.05, 3.63) is 58.2 Å². The molecule has 18 heavy (non-hydrogen) atoms. The summed E-state index contributed by atoms with van der Waals surface area (Å²) in [6.45, 7) is 0. The Kier molecular flexibility index (Phi) is 2.64. The molecule has 1 aromatic heterocycles. The second kappa shape index (κ2) is 4.31. The average molecular weight is 256 g/mol. The summed E-state index contributed by atoms with van der Waals surface area (Å²) in [4.78, 5) is 11.6. The molecule has 4 heteroatoms. The monoisotopic (exact) mass is 256 g/mol. The predicted molar refractivity (Wildman–Crippen MR) is 76.8 cm³/mol. The van der Waals surface area contributed by atoms with Crippen molar-refractivity contribution < 1.29 is 0 Å². The van der Waals surface area contributed by atoms with Gasteiger partial charge in [-0.2, -0.15) is 0 Å². The van der Waals surface area contributed by atoms with Gasteiger partial charge in [-0.25, -0.2) is 0 Å². The molecule has 0 spiro atoms. The number of para-hydroxylation sites is 1. The van der Waals surface area contributed by atoms with Crippen LogP contribution in [0.5, 0.6) is 0 Å². The van der Waals surface area contributed by atoms with Gasteiger partial charge in [0, 0.05) is 18.4 Å². The van der Waals surface area contributed by atoms with E-state index < -0.39 is 0 Å². The minimum atomic E-state index is 0.0712. The molecule has 3 nitrogen and oxygen atoms in total. The van der Waals surface area contributed by atoms with E-state index in [9.17, 15) is 4.79 Å². The van der Waals surface area contributed by atoms with Gasteiger partial charge in [0.2, 0.25) is 0 Å². The van der Waals surface area contributed by atoms with Crippen molar-refractivity contribution in [2.45, 2.75) is 0 Å². The second-order valence-corrected chi connectivity index (χ2v) is 5.09.